The van der Waals surface area contributed by atoms with Crippen LogP contribution in [0.5, 0.6) is 17.2 Å². The Balaban J connectivity index is 1.46. The Labute approximate surface area is 188 Å². The van der Waals surface area contributed by atoms with Crippen LogP contribution in [0.15, 0.2) is 97.1 Å². The van der Waals surface area contributed by atoms with Crippen LogP contribution in [-0.4, -0.2) is 10.9 Å². The van der Waals surface area contributed by atoms with E-state index in [0.29, 0.717) is 16.9 Å². The second-order valence-electron chi connectivity index (χ2n) is 8.52. The smallest absolute Gasteiger partial charge is 0.193 e. The van der Waals surface area contributed by atoms with Crippen molar-refractivity contribution in [3.8, 4) is 17.2 Å². The van der Waals surface area contributed by atoms with Crippen molar-refractivity contribution >= 4 is 5.78 Å². The summed E-state index contributed by atoms with van der Waals surface area (Å²) in [5, 5.41) is 9.55. The lowest BCUT2D eigenvalue weighted by Crippen LogP contribution is -2.18. The summed E-state index contributed by atoms with van der Waals surface area (Å²) in [6, 6.07) is 30.1. The highest BCUT2D eigenvalue weighted by atomic mass is 16.5. The van der Waals surface area contributed by atoms with Crippen molar-refractivity contribution in [2.24, 2.45) is 0 Å². The van der Waals surface area contributed by atoms with Crippen molar-refractivity contribution in [1.29, 1.82) is 0 Å². The van der Waals surface area contributed by atoms with Gasteiger partial charge in [-0.15, -0.1) is 0 Å². The van der Waals surface area contributed by atoms with Crippen LogP contribution in [0.3, 0.4) is 0 Å². The number of rotatable bonds is 6. The largest absolute Gasteiger partial charge is 0.508 e. The summed E-state index contributed by atoms with van der Waals surface area (Å²) in [5.74, 6) is 1.67. The van der Waals surface area contributed by atoms with E-state index in [1.165, 1.54) is 0 Å². The van der Waals surface area contributed by atoms with Gasteiger partial charge in [-0.3, -0.25) is 4.79 Å². The van der Waals surface area contributed by atoms with Crippen LogP contribution in [0.1, 0.15) is 46.5 Å². The van der Waals surface area contributed by atoms with Gasteiger partial charge >= 0.3 is 0 Å². The zero-order valence-electron chi connectivity index (χ0n) is 18.5. The number of aryl methyl sites for hydroxylation is 1. The van der Waals surface area contributed by atoms with Gasteiger partial charge in [0, 0.05) is 16.5 Å². The highest BCUT2D eigenvalue weighted by Gasteiger charge is 2.23. The molecule has 4 aromatic carbocycles. The van der Waals surface area contributed by atoms with Crippen molar-refractivity contribution in [3.05, 3.63) is 125 Å². The molecule has 4 aromatic rings. The van der Waals surface area contributed by atoms with Crippen LogP contribution in [0.4, 0.5) is 0 Å². The standard InChI is InChI=1S/C29H26O3/c1-20-4-6-21(7-5-20)28(31)22-8-16-26(17-9-22)32-27-18-12-24(13-19-27)29(2,3)23-10-14-25(30)15-11-23/h4-19,30H,1-3H3. The van der Waals surface area contributed by atoms with E-state index in [2.05, 4.69) is 26.0 Å². The fourth-order valence-electron chi connectivity index (χ4n) is 3.67. The molecule has 0 aliphatic rings. The van der Waals surface area contributed by atoms with Gasteiger partial charge in [0.25, 0.3) is 0 Å². The van der Waals surface area contributed by atoms with Gasteiger partial charge in [0.15, 0.2) is 5.78 Å². The molecule has 4 rings (SSSR count). The lowest BCUT2D eigenvalue weighted by molar-refractivity contribution is 0.103. The number of hydrogen-bond acceptors (Lipinski definition) is 3. The van der Waals surface area contributed by atoms with Crippen molar-refractivity contribution < 1.29 is 14.6 Å². The van der Waals surface area contributed by atoms with Crippen molar-refractivity contribution in [2.45, 2.75) is 26.2 Å². The maximum Gasteiger partial charge on any atom is 0.193 e. The zero-order chi connectivity index (χ0) is 22.7. The molecule has 160 valence electrons. The molecule has 0 heterocycles. The van der Waals surface area contributed by atoms with Gasteiger partial charge in [0.2, 0.25) is 0 Å². The molecular weight excluding hydrogens is 396 g/mol. The van der Waals surface area contributed by atoms with E-state index in [1.807, 2.05) is 67.6 Å². The number of ether oxygens (including phenoxy) is 1. The number of ketones is 1. The van der Waals surface area contributed by atoms with Crippen molar-refractivity contribution in [1.82, 2.24) is 0 Å². The molecular formula is C29H26O3. The van der Waals surface area contributed by atoms with Crippen LogP contribution >= 0.6 is 0 Å². The van der Waals surface area contributed by atoms with E-state index < -0.39 is 0 Å². The number of carbonyl (C=O) groups is 1. The van der Waals surface area contributed by atoms with Gasteiger partial charge in [-0.1, -0.05) is 67.9 Å². The minimum atomic E-state index is -0.204. The van der Waals surface area contributed by atoms with Crippen LogP contribution < -0.4 is 4.74 Å². The van der Waals surface area contributed by atoms with Crippen LogP contribution in [-0.2, 0) is 5.41 Å². The highest BCUT2D eigenvalue weighted by Crippen LogP contribution is 2.34. The lowest BCUT2D eigenvalue weighted by Gasteiger charge is -2.26. The summed E-state index contributed by atoms with van der Waals surface area (Å²) < 4.78 is 5.98. The molecule has 3 nitrogen and oxygen atoms in total. The topological polar surface area (TPSA) is 46.5 Å². The van der Waals surface area contributed by atoms with E-state index in [4.69, 9.17) is 4.74 Å². The molecule has 0 bridgehead atoms. The van der Waals surface area contributed by atoms with Crippen molar-refractivity contribution in [2.75, 3.05) is 0 Å². The fraction of sp³-hybridized carbons (Fsp3) is 0.138. The molecule has 0 fully saturated rings. The SMILES string of the molecule is Cc1ccc(C(=O)c2ccc(Oc3ccc(C(C)(C)c4ccc(O)cc4)cc3)cc2)cc1. The molecule has 0 saturated carbocycles. The minimum absolute atomic E-state index is 0.00244. The summed E-state index contributed by atoms with van der Waals surface area (Å²) in [6.07, 6.45) is 0. The lowest BCUT2D eigenvalue weighted by atomic mass is 9.78. The predicted octanol–water partition coefficient (Wildman–Crippen LogP) is 7.05. The van der Waals surface area contributed by atoms with Crippen LogP contribution in [0, 0.1) is 6.92 Å². The quantitative estimate of drug-likeness (QED) is 0.339. The summed E-state index contributed by atoms with van der Waals surface area (Å²) in [4.78, 5) is 12.6. The zero-order valence-corrected chi connectivity index (χ0v) is 18.5. The first kappa shape index (κ1) is 21.4. The van der Waals surface area contributed by atoms with Crippen LogP contribution in [0.2, 0.25) is 0 Å². The number of aromatic hydroxyl groups is 1. The molecule has 0 spiro atoms. The summed E-state index contributed by atoms with van der Waals surface area (Å²) in [5.41, 5.74) is 4.50. The monoisotopic (exact) mass is 422 g/mol. The predicted molar refractivity (Wildman–Crippen MR) is 128 cm³/mol. The minimum Gasteiger partial charge on any atom is -0.508 e. The molecule has 0 aliphatic heterocycles. The third-order valence-electron chi connectivity index (χ3n) is 5.83. The number of carbonyl (C=O) groups excluding carboxylic acids is 1. The van der Waals surface area contributed by atoms with Gasteiger partial charge in [-0.05, 0) is 66.6 Å². The average Bonchev–Trinajstić information content (AvgIpc) is 2.80. The number of hydrogen-bond donors (Lipinski definition) is 1. The van der Waals surface area contributed by atoms with Crippen molar-refractivity contribution in [3.63, 3.8) is 0 Å². The number of phenols is 1. The Morgan fingerprint density at radius 3 is 1.56 bits per heavy atom. The fourth-order valence-corrected chi connectivity index (χ4v) is 3.67. The number of benzene rings is 4. The maximum atomic E-state index is 12.6. The van der Waals surface area contributed by atoms with Gasteiger partial charge < -0.3 is 9.84 Å². The first-order chi connectivity index (χ1) is 15.3. The Hall–Kier alpha value is -3.85. The van der Waals surface area contributed by atoms with E-state index >= 15 is 0 Å². The summed E-state index contributed by atoms with van der Waals surface area (Å²) in [7, 11) is 0. The third kappa shape index (κ3) is 4.57. The molecule has 0 radical (unpaired) electrons. The van der Waals surface area contributed by atoms with Gasteiger partial charge in [-0.2, -0.15) is 0 Å². The Morgan fingerprint density at radius 2 is 1.06 bits per heavy atom. The second-order valence-corrected chi connectivity index (χ2v) is 8.52. The first-order valence-electron chi connectivity index (χ1n) is 10.6. The van der Waals surface area contributed by atoms with E-state index in [1.54, 1.807) is 24.3 Å². The molecule has 0 aliphatic carbocycles. The Kier molecular flexibility index (Phi) is 5.83. The summed E-state index contributed by atoms with van der Waals surface area (Å²) in [6.45, 7) is 6.30. The van der Waals surface area contributed by atoms with E-state index in [-0.39, 0.29) is 16.9 Å². The molecule has 0 amide bonds. The summed E-state index contributed by atoms with van der Waals surface area (Å²) >= 11 is 0. The Morgan fingerprint density at radius 1 is 0.656 bits per heavy atom. The molecule has 0 atom stereocenters. The molecule has 0 aromatic heterocycles. The van der Waals surface area contributed by atoms with E-state index in [9.17, 15) is 9.90 Å². The van der Waals surface area contributed by atoms with Gasteiger partial charge in [0.05, 0.1) is 0 Å². The molecule has 3 heteroatoms. The maximum absolute atomic E-state index is 12.6. The highest BCUT2D eigenvalue weighted by molar-refractivity contribution is 6.09. The number of phenolic OH excluding ortho intramolecular Hbond substituents is 1. The average molecular weight is 423 g/mol. The normalized spacial score (nSPS) is 11.2. The Bertz CT molecular complexity index is 1200. The van der Waals surface area contributed by atoms with Gasteiger partial charge in [-0.25, -0.2) is 0 Å². The second kappa shape index (κ2) is 8.72. The van der Waals surface area contributed by atoms with Crippen LogP contribution in [0.25, 0.3) is 0 Å². The third-order valence-corrected chi connectivity index (χ3v) is 5.83. The van der Waals surface area contributed by atoms with Gasteiger partial charge in [0.1, 0.15) is 17.2 Å². The van der Waals surface area contributed by atoms with E-state index in [0.717, 1.165) is 22.4 Å². The molecule has 0 saturated heterocycles. The molecule has 1 N–H and O–H groups in total. The molecule has 32 heavy (non-hydrogen) atoms. The first-order valence-corrected chi connectivity index (χ1v) is 10.6. The molecule has 0 unspecified atom stereocenters.